The highest BCUT2D eigenvalue weighted by molar-refractivity contribution is 7.88. The summed E-state index contributed by atoms with van der Waals surface area (Å²) in [5.41, 5.74) is 3.02. The highest BCUT2D eigenvalue weighted by atomic mass is 31.1. The normalized spacial score (nSPS) is 10.7. The molecular weight excluding hydrogens is 347 g/mol. The van der Waals surface area contributed by atoms with Crippen molar-refractivity contribution in [1.82, 2.24) is 0 Å². The van der Waals surface area contributed by atoms with Crippen molar-refractivity contribution in [1.29, 1.82) is 0 Å². The molecule has 0 saturated heterocycles. The van der Waals surface area contributed by atoms with Crippen LogP contribution in [0, 0.1) is 0 Å². The molecule has 4 rings (SSSR count). The van der Waals surface area contributed by atoms with Crippen LogP contribution in [0.4, 0.5) is 0 Å². The maximum absolute atomic E-state index is 13.8. The van der Waals surface area contributed by atoms with Crippen molar-refractivity contribution in [2.45, 2.75) is 0 Å². The summed E-state index contributed by atoms with van der Waals surface area (Å²) in [5, 5.41) is 2.15. The zero-order valence-corrected chi connectivity index (χ0v) is 15.7. The molecule has 2 heteroatoms. The van der Waals surface area contributed by atoms with Gasteiger partial charge in [0.05, 0.1) is 0 Å². The van der Waals surface area contributed by atoms with Gasteiger partial charge in [-0.2, -0.15) is 0 Å². The van der Waals surface area contributed by atoms with E-state index >= 15 is 0 Å². The van der Waals surface area contributed by atoms with Crippen LogP contribution in [-0.4, -0.2) is 5.52 Å². The summed E-state index contributed by atoms with van der Waals surface area (Å²) >= 11 is 0. The van der Waals surface area contributed by atoms with Gasteiger partial charge in [-0.05, 0) is 21.7 Å². The standard InChI is InChI=1S/C25H19OP/c26-25(24-19-11-10-18-23(24)20-12-4-1-5-13-20)27(21-14-6-2-7-15-21)22-16-8-3-9-17-22/h1-19H. The molecule has 0 saturated carbocycles. The first-order valence-electron chi connectivity index (χ1n) is 8.93. The average Bonchev–Trinajstić information content (AvgIpc) is 2.76. The first-order valence-corrected chi connectivity index (χ1v) is 10.3. The molecule has 1 nitrogen and oxygen atoms in total. The molecule has 0 aliphatic carbocycles. The minimum Gasteiger partial charge on any atom is -0.288 e. The summed E-state index contributed by atoms with van der Waals surface area (Å²) in [4.78, 5) is 13.8. The summed E-state index contributed by atoms with van der Waals surface area (Å²) in [5.74, 6) is 0. The molecule has 0 radical (unpaired) electrons. The Balaban J connectivity index is 1.85. The Labute approximate surface area is 161 Å². The number of rotatable bonds is 5. The number of benzene rings is 4. The molecule has 0 bridgehead atoms. The summed E-state index contributed by atoms with van der Waals surface area (Å²) in [6, 6.07) is 38.3. The fourth-order valence-electron chi connectivity index (χ4n) is 3.20. The predicted molar refractivity (Wildman–Crippen MR) is 115 cm³/mol. The first-order chi connectivity index (χ1) is 13.3. The van der Waals surface area contributed by atoms with E-state index in [-0.39, 0.29) is 5.52 Å². The summed E-state index contributed by atoms with van der Waals surface area (Å²) in [7, 11) is -1.13. The van der Waals surface area contributed by atoms with Gasteiger partial charge in [0.15, 0.2) is 5.52 Å². The number of carbonyl (C=O) groups excluding carboxylic acids is 1. The Kier molecular flexibility index (Phi) is 5.23. The monoisotopic (exact) mass is 366 g/mol. The van der Waals surface area contributed by atoms with E-state index < -0.39 is 7.92 Å². The van der Waals surface area contributed by atoms with Crippen LogP contribution in [0.25, 0.3) is 11.1 Å². The molecule has 0 aromatic heterocycles. The van der Waals surface area contributed by atoms with Crippen molar-refractivity contribution in [2.75, 3.05) is 0 Å². The fraction of sp³-hybridized carbons (Fsp3) is 0. The Morgan fingerprint density at radius 1 is 0.519 bits per heavy atom. The van der Waals surface area contributed by atoms with Crippen LogP contribution in [0.15, 0.2) is 115 Å². The molecule has 0 aliphatic rings. The number of hydrogen-bond donors (Lipinski definition) is 0. The van der Waals surface area contributed by atoms with Gasteiger partial charge in [0.1, 0.15) is 0 Å². The highest BCUT2D eigenvalue weighted by Gasteiger charge is 2.25. The Hall–Kier alpha value is -3.02. The smallest absolute Gasteiger partial charge is 0.193 e. The zero-order valence-electron chi connectivity index (χ0n) is 14.8. The largest absolute Gasteiger partial charge is 0.288 e. The van der Waals surface area contributed by atoms with E-state index in [9.17, 15) is 4.79 Å². The van der Waals surface area contributed by atoms with Crippen molar-refractivity contribution in [3.05, 3.63) is 121 Å². The van der Waals surface area contributed by atoms with Crippen molar-refractivity contribution >= 4 is 24.1 Å². The van der Waals surface area contributed by atoms with E-state index in [0.717, 1.165) is 27.3 Å². The van der Waals surface area contributed by atoms with Gasteiger partial charge in [-0.3, -0.25) is 4.79 Å². The predicted octanol–water partition coefficient (Wildman–Crippen LogP) is 5.63. The second kappa shape index (κ2) is 8.12. The lowest BCUT2D eigenvalue weighted by atomic mass is 10.0. The lowest BCUT2D eigenvalue weighted by Crippen LogP contribution is -2.18. The molecule has 27 heavy (non-hydrogen) atoms. The third-order valence-electron chi connectivity index (χ3n) is 4.47. The Bertz CT molecular complexity index is 988. The quantitative estimate of drug-likeness (QED) is 0.419. The molecule has 130 valence electrons. The van der Waals surface area contributed by atoms with Crippen molar-refractivity contribution in [3.8, 4) is 11.1 Å². The van der Waals surface area contributed by atoms with E-state index in [1.54, 1.807) is 0 Å². The maximum atomic E-state index is 13.8. The van der Waals surface area contributed by atoms with Gasteiger partial charge >= 0.3 is 0 Å². The van der Waals surface area contributed by atoms with E-state index in [2.05, 4.69) is 36.4 Å². The third kappa shape index (κ3) is 3.74. The molecular formula is C25H19OP. The molecule has 0 spiro atoms. The third-order valence-corrected chi connectivity index (χ3v) is 6.75. The van der Waals surface area contributed by atoms with Gasteiger partial charge in [0.2, 0.25) is 0 Å². The van der Waals surface area contributed by atoms with E-state index in [4.69, 9.17) is 0 Å². The van der Waals surface area contributed by atoms with Crippen LogP contribution in [0.5, 0.6) is 0 Å². The maximum Gasteiger partial charge on any atom is 0.193 e. The summed E-state index contributed by atoms with van der Waals surface area (Å²) < 4.78 is 0. The van der Waals surface area contributed by atoms with Gasteiger partial charge in [0, 0.05) is 13.5 Å². The van der Waals surface area contributed by atoms with Crippen LogP contribution in [-0.2, 0) is 0 Å². The zero-order chi connectivity index (χ0) is 18.5. The first kappa shape index (κ1) is 17.4. The highest BCUT2D eigenvalue weighted by Crippen LogP contribution is 2.40. The molecule has 0 aliphatic heterocycles. The van der Waals surface area contributed by atoms with Crippen LogP contribution >= 0.6 is 7.92 Å². The molecule has 0 atom stereocenters. The van der Waals surface area contributed by atoms with E-state index in [1.807, 2.05) is 78.9 Å². The van der Waals surface area contributed by atoms with Crippen LogP contribution in [0.1, 0.15) is 10.4 Å². The Morgan fingerprint density at radius 2 is 0.963 bits per heavy atom. The topological polar surface area (TPSA) is 17.1 Å². The van der Waals surface area contributed by atoms with Crippen molar-refractivity contribution in [2.24, 2.45) is 0 Å². The van der Waals surface area contributed by atoms with Gasteiger partial charge in [-0.15, -0.1) is 0 Å². The second-order valence-corrected chi connectivity index (χ2v) is 8.33. The minimum atomic E-state index is -1.13. The van der Waals surface area contributed by atoms with Crippen molar-refractivity contribution in [3.63, 3.8) is 0 Å². The molecule has 0 N–H and O–H groups in total. The summed E-state index contributed by atoms with van der Waals surface area (Å²) in [6.07, 6.45) is 0. The number of hydrogen-bond acceptors (Lipinski definition) is 1. The van der Waals surface area contributed by atoms with Crippen LogP contribution in [0.2, 0.25) is 0 Å². The fourth-order valence-corrected chi connectivity index (χ4v) is 5.34. The number of carbonyl (C=O) groups is 1. The van der Waals surface area contributed by atoms with Crippen LogP contribution in [0.3, 0.4) is 0 Å². The van der Waals surface area contributed by atoms with Gasteiger partial charge in [0.25, 0.3) is 0 Å². The minimum absolute atomic E-state index is 0.182. The van der Waals surface area contributed by atoms with E-state index in [1.165, 1.54) is 0 Å². The molecule has 4 aromatic rings. The molecule has 0 heterocycles. The molecule has 4 aromatic carbocycles. The molecule has 0 fully saturated rings. The van der Waals surface area contributed by atoms with Crippen LogP contribution < -0.4 is 10.6 Å². The lowest BCUT2D eigenvalue weighted by molar-refractivity contribution is 0.108. The molecule has 0 amide bonds. The summed E-state index contributed by atoms with van der Waals surface area (Å²) in [6.45, 7) is 0. The van der Waals surface area contributed by atoms with Gasteiger partial charge in [-0.1, -0.05) is 115 Å². The SMILES string of the molecule is O=C(c1ccccc1-c1ccccc1)P(c1ccccc1)c1ccccc1. The molecule has 0 unspecified atom stereocenters. The Morgan fingerprint density at radius 3 is 1.52 bits per heavy atom. The average molecular weight is 366 g/mol. The van der Waals surface area contributed by atoms with Crippen molar-refractivity contribution < 1.29 is 4.79 Å². The lowest BCUT2D eigenvalue weighted by Gasteiger charge is -2.19. The van der Waals surface area contributed by atoms with Gasteiger partial charge < -0.3 is 0 Å². The second-order valence-electron chi connectivity index (χ2n) is 6.22. The van der Waals surface area contributed by atoms with Gasteiger partial charge in [-0.25, -0.2) is 0 Å². The van der Waals surface area contributed by atoms with E-state index in [0.29, 0.717) is 0 Å².